The fourth-order valence-corrected chi connectivity index (χ4v) is 3.62. The summed E-state index contributed by atoms with van der Waals surface area (Å²) in [6, 6.07) is 26.3. The van der Waals surface area contributed by atoms with Crippen LogP contribution >= 0.6 is 0 Å². The molecule has 4 rings (SSSR count). The van der Waals surface area contributed by atoms with E-state index in [1.165, 1.54) is 0 Å². The molecule has 0 spiro atoms. The Labute approximate surface area is 176 Å². The lowest BCUT2D eigenvalue weighted by Gasteiger charge is -2.13. The summed E-state index contributed by atoms with van der Waals surface area (Å²) in [5, 5.41) is 8.67. The topological polar surface area (TPSA) is 50.7 Å². The van der Waals surface area contributed by atoms with Crippen LogP contribution in [0.15, 0.2) is 84.0 Å². The van der Waals surface area contributed by atoms with E-state index in [4.69, 9.17) is 4.74 Å². The predicted octanol–water partition coefficient (Wildman–Crippen LogP) is 5.65. The van der Waals surface area contributed by atoms with Crippen molar-refractivity contribution in [2.45, 2.75) is 19.8 Å². The average Bonchev–Trinajstić information content (AvgIpc) is 2.77. The third kappa shape index (κ3) is 4.18. The molecule has 1 N–H and O–H groups in total. The van der Waals surface area contributed by atoms with Crippen LogP contribution in [0, 0.1) is 0 Å². The van der Waals surface area contributed by atoms with Gasteiger partial charge in [0.15, 0.2) is 6.61 Å². The fourth-order valence-electron chi connectivity index (χ4n) is 3.62. The summed E-state index contributed by atoms with van der Waals surface area (Å²) in [6.07, 6.45) is 1.71. The molecule has 4 aromatic rings. The molecule has 0 saturated carbocycles. The summed E-state index contributed by atoms with van der Waals surface area (Å²) in [7, 11) is 0. The zero-order valence-electron chi connectivity index (χ0n) is 17.1. The Kier molecular flexibility index (Phi) is 5.75. The quantitative estimate of drug-likeness (QED) is 0.260. The van der Waals surface area contributed by atoms with E-state index >= 15 is 0 Å². The van der Waals surface area contributed by atoms with Gasteiger partial charge in [0.1, 0.15) is 5.75 Å². The molecule has 30 heavy (non-hydrogen) atoms. The summed E-state index contributed by atoms with van der Waals surface area (Å²) in [5.41, 5.74) is 4.65. The molecule has 0 aliphatic carbocycles. The van der Waals surface area contributed by atoms with Crippen LogP contribution in [0.2, 0.25) is 0 Å². The maximum absolute atomic E-state index is 12.3. The lowest BCUT2D eigenvalue weighted by atomic mass is 9.97. The predicted molar refractivity (Wildman–Crippen MR) is 123 cm³/mol. The summed E-state index contributed by atoms with van der Waals surface area (Å²) >= 11 is 0. The van der Waals surface area contributed by atoms with Crippen LogP contribution in [0.3, 0.4) is 0 Å². The minimum Gasteiger partial charge on any atom is -0.483 e. The van der Waals surface area contributed by atoms with E-state index in [-0.39, 0.29) is 12.5 Å². The number of carbonyl (C=O) groups is 1. The van der Waals surface area contributed by atoms with Gasteiger partial charge < -0.3 is 4.74 Å². The number of hydrazone groups is 1. The summed E-state index contributed by atoms with van der Waals surface area (Å²) in [4.78, 5) is 12.3. The zero-order valence-corrected chi connectivity index (χ0v) is 17.1. The molecule has 0 radical (unpaired) electrons. The molecular weight excluding hydrogens is 372 g/mol. The molecule has 0 saturated heterocycles. The minimum atomic E-state index is -0.297. The highest BCUT2D eigenvalue weighted by Gasteiger charge is 2.09. The van der Waals surface area contributed by atoms with Crippen molar-refractivity contribution in [1.82, 2.24) is 5.43 Å². The number of benzene rings is 4. The molecular formula is C26H24N2O2. The van der Waals surface area contributed by atoms with Crippen LogP contribution in [0.4, 0.5) is 0 Å². The first-order valence-corrected chi connectivity index (χ1v) is 10.1. The van der Waals surface area contributed by atoms with Crippen LogP contribution < -0.4 is 10.2 Å². The van der Waals surface area contributed by atoms with Crippen LogP contribution in [0.5, 0.6) is 5.75 Å². The van der Waals surface area contributed by atoms with Gasteiger partial charge in [-0.15, -0.1) is 0 Å². The zero-order chi connectivity index (χ0) is 20.9. The molecule has 0 unspecified atom stereocenters. The minimum absolute atomic E-state index is 0.0860. The number of nitrogens with one attached hydrogen (secondary N) is 1. The maximum Gasteiger partial charge on any atom is 0.277 e. The van der Waals surface area contributed by atoms with E-state index in [9.17, 15) is 4.79 Å². The van der Waals surface area contributed by atoms with Crippen LogP contribution in [0.25, 0.3) is 21.5 Å². The van der Waals surface area contributed by atoms with Crippen molar-refractivity contribution in [3.63, 3.8) is 0 Å². The van der Waals surface area contributed by atoms with Gasteiger partial charge in [0.05, 0.1) is 6.21 Å². The Morgan fingerprint density at radius 3 is 2.20 bits per heavy atom. The number of rotatable bonds is 6. The molecule has 1 amide bonds. The Morgan fingerprint density at radius 2 is 1.53 bits per heavy atom. The van der Waals surface area contributed by atoms with E-state index in [0.717, 1.165) is 38.4 Å². The summed E-state index contributed by atoms with van der Waals surface area (Å²) < 4.78 is 5.72. The van der Waals surface area contributed by atoms with Gasteiger partial charge in [-0.25, -0.2) is 5.43 Å². The molecule has 150 valence electrons. The van der Waals surface area contributed by atoms with Crippen LogP contribution in [0.1, 0.15) is 30.9 Å². The first-order valence-electron chi connectivity index (χ1n) is 10.1. The third-order valence-electron chi connectivity index (χ3n) is 5.10. The highest BCUT2D eigenvalue weighted by atomic mass is 16.5. The van der Waals surface area contributed by atoms with E-state index in [1.807, 2.05) is 48.5 Å². The molecule has 0 heterocycles. The fraction of sp³-hybridized carbons (Fsp3) is 0.154. The molecule has 0 fully saturated rings. The Morgan fingerprint density at radius 1 is 0.933 bits per heavy atom. The van der Waals surface area contributed by atoms with Crippen molar-refractivity contribution >= 4 is 33.7 Å². The van der Waals surface area contributed by atoms with E-state index in [0.29, 0.717) is 5.92 Å². The monoisotopic (exact) mass is 396 g/mol. The highest BCUT2D eigenvalue weighted by Crippen LogP contribution is 2.27. The maximum atomic E-state index is 12.3. The molecule has 0 bridgehead atoms. The molecule has 0 aliphatic rings. The molecule has 0 aliphatic heterocycles. The SMILES string of the molecule is CC(C)c1ccccc1OCC(=O)NN=Cc1c2ccccc2cc2ccccc12. The second kappa shape index (κ2) is 8.78. The number of hydrogen-bond donors (Lipinski definition) is 1. The smallest absolute Gasteiger partial charge is 0.277 e. The van der Waals surface area contributed by atoms with Gasteiger partial charge in [0.2, 0.25) is 0 Å². The summed E-state index contributed by atoms with van der Waals surface area (Å²) in [5.74, 6) is 0.753. The van der Waals surface area contributed by atoms with E-state index in [2.05, 4.69) is 54.7 Å². The van der Waals surface area contributed by atoms with Gasteiger partial charge in [-0.1, -0.05) is 80.6 Å². The molecule has 0 atom stereocenters. The van der Waals surface area contributed by atoms with E-state index < -0.39 is 0 Å². The number of hydrogen-bond acceptors (Lipinski definition) is 3. The van der Waals surface area contributed by atoms with Crippen molar-refractivity contribution in [2.75, 3.05) is 6.61 Å². The second-order valence-corrected chi connectivity index (χ2v) is 7.51. The van der Waals surface area contributed by atoms with Crippen molar-refractivity contribution in [2.24, 2.45) is 5.10 Å². The third-order valence-corrected chi connectivity index (χ3v) is 5.10. The highest BCUT2D eigenvalue weighted by molar-refractivity contribution is 6.13. The van der Waals surface area contributed by atoms with Crippen molar-refractivity contribution in [1.29, 1.82) is 0 Å². The summed E-state index contributed by atoms with van der Waals surface area (Å²) in [6.45, 7) is 4.11. The number of fused-ring (bicyclic) bond motifs is 2. The van der Waals surface area contributed by atoms with Crippen LogP contribution in [-0.4, -0.2) is 18.7 Å². The standard InChI is InChI=1S/C26H24N2O2/c1-18(2)21-11-7-8-14-25(21)30-17-26(29)28-27-16-24-22-12-5-3-9-19(22)15-20-10-4-6-13-23(20)24/h3-16,18H,17H2,1-2H3,(H,28,29). The van der Waals surface area contributed by atoms with Gasteiger partial charge in [-0.3, -0.25) is 4.79 Å². The largest absolute Gasteiger partial charge is 0.483 e. The van der Waals surface area contributed by atoms with Crippen molar-refractivity contribution < 1.29 is 9.53 Å². The van der Waals surface area contributed by atoms with Gasteiger partial charge in [0.25, 0.3) is 5.91 Å². The number of para-hydroxylation sites is 1. The first kappa shape index (κ1) is 19.6. The number of ether oxygens (including phenoxy) is 1. The first-order chi connectivity index (χ1) is 14.6. The molecule has 0 aromatic heterocycles. The van der Waals surface area contributed by atoms with Gasteiger partial charge in [-0.05, 0) is 45.2 Å². The average molecular weight is 396 g/mol. The van der Waals surface area contributed by atoms with Crippen molar-refractivity contribution in [3.8, 4) is 5.75 Å². The normalized spacial score (nSPS) is 11.4. The Balaban J connectivity index is 1.51. The Bertz CT molecular complexity index is 1170. The number of carbonyl (C=O) groups excluding carboxylic acids is 1. The van der Waals surface area contributed by atoms with Gasteiger partial charge in [0, 0.05) is 5.56 Å². The molecule has 4 nitrogen and oxygen atoms in total. The van der Waals surface area contributed by atoms with Gasteiger partial charge >= 0.3 is 0 Å². The molecule has 4 aromatic carbocycles. The Hall–Kier alpha value is -3.66. The lowest BCUT2D eigenvalue weighted by Crippen LogP contribution is -2.25. The number of amides is 1. The van der Waals surface area contributed by atoms with Crippen LogP contribution in [-0.2, 0) is 4.79 Å². The van der Waals surface area contributed by atoms with Crippen molar-refractivity contribution in [3.05, 3.63) is 90.0 Å². The molecule has 4 heteroatoms. The second-order valence-electron chi connectivity index (χ2n) is 7.51. The lowest BCUT2D eigenvalue weighted by molar-refractivity contribution is -0.123. The van der Waals surface area contributed by atoms with Gasteiger partial charge in [-0.2, -0.15) is 5.10 Å². The number of nitrogens with zero attached hydrogens (tertiary/aromatic N) is 1. The van der Waals surface area contributed by atoms with E-state index in [1.54, 1.807) is 6.21 Å².